The molecule has 3 heterocycles. The predicted molar refractivity (Wildman–Crippen MR) is 161 cm³/mol. The van der Waals surface area contributed by atoms with E-state index in [-0.39, 0.29) is 6.10 Å². The van der Waals surface area contributed by atoms with Gasteiger partial charge in [0.1, 0.15) is 24.4 Å². The van der Waals surface area contributed by atoms with E-state index in [2.05, 4.69) is 0 Å². The summed E-state index contributed by atoms with van der Waals surface area (Å²) in [5, 5.41) is 36.4. The second-order valence-corrected chi connectivity index (χ2v) is 16.5. The van der Waals surface area contributed by atoms with Gasteiger partial charge in [0.15, 0.2) is 5.60 Å². The van der Waals surface area contributed by atoms with Crippen molar-refractivity contribution in [2.75, 3.05) is 0 Å². The normalized spacial score (nSPS) is 58.9. The maximum Gasteiger partial charge on any atom is 0.341 e. The summed E-state index contributed by atoms with van der Waals surface area (Å²) in [5.74, 6) is -9.25. The fraction of sp³-hybridized carbons (Fsp3) is 0.882. The van der Waals surface area contributed by atoms with Gasteiger partial charge in [-0.25, -0.2) is 4.79 Å². The number of esters is 4. The Morgan fingerprint density at radius 3 is 2.00 bits per heavy atom. The Morgan fingerprint density at radius 1 is 0.854 bits per heavy atom. The molecule has 268 valence electrons. The minimum absolute atomic E-state index is 0.237. The first-order chi connectivity index (χ1) is 22.1. The van der Waals surface area contributed by atoms with E-state index in [0.29, 0.717) is 6.42 Å². The maximum atomic E-state index is 13.4. The molecule has 7 fully saturated rings. The van der Waals surface area contributed by atoms with Crippen molar-refractivity contribution in [3.63, 3.8) is 0 Å². The van der Waals surface area contributed by atoms with Crippen LogP contribution in [-0.2, 0) is 47.6 Å². The number of rotatable bonds is 3. The molecule has 7 aliphatic rings. The highest BCUT2D eigenvalue weighted by Crippen LogP contribution is 2.76. The van der Waals surface area contributed by atoms with Crippen LogP contribution in [0.3, 0.4) is 0 Å². The van der Waals surface area contributed by atoms with Crippen LogP contribution in [0, 0.1) is 51.8 Å². The van der Waals surface area contributed by atoms with Gasteiger partial charge >= 0.3 is 23.9 Å². The number of nitrogens with two attached hydrogens (primary N) is 1. The number of carbonyl (C=O) groups is 4. The molecule has 4 saturated carbocycles. The average molecular weight is 680 g/mol. The fourth-order valence-electron chi connectivity index (χ4n) is 12.6. The molecule has 3 aliphatic heterocycles. The Morgan fingerprint density at radius 2 is 1.42 bits per heavy atom. The van der Waals surface area contributed by atoms with Crippen LogP contribution in [0.1, 0.15) is 68.7 Å². The van der Waals surface area contributed by atoms with Gasteiger partial charge in [-0.3, -0.25) is 14.4 Å². The number of epoxide rings is 1. The number of aliphatic hydroxyl groups is 3. The van der Waals surface area contributed by atoms with Crippen LogP contribution in [0.2, 0.25) is 0 Å². The highest BCUT2D eigenvalue weighted by atomic mass is 16.7. The SMILES string of the molecule is CC(=O)O[C@H]1[C@@H]2[C@H]([C@H](C)O[C@@]3(C)OC(=O)[C@@](C)(O)[C@]23C)[C@]2(C)[C@@H]1C1C([C@H](OC(C)=O)[C@@H]2OC(C)=O)[C@]2(C)[C@H](C[C@@H]3O[C@@H]3[C@@H]2O)[C@H](N)[C@@H]1O. The summed E-state index contributed by atoms with van der Waals surface area (Å²) in [6, 6.07) is -0.863. The molecule has 0 aromatic heterocycles. The van der Waals surface area contributed by atoms with Gasteiger partial charge in [-0.1, -0.05) is 13.8 Å². The van der Waals surface area contributed by atoms with Gasteiger partial charge in [0.05, 0.1) is 29.8 Å². The topological polar surface area (TPSA) is 214 Å². The Kier molecular flexibility index (Phi) is 7.19. The summed E-state index contributed by atoms with van der Waals surface area (Å²) in [7, 11) is 0. The van der Waals surface area contributed by atoms with E-state index in [1.807, 2.05) is 13.8 Å². The van der Waals surface area contributed by atoms with Crippen LogP contribution in [0.5, 0.6) is 0 Å². The van der Waals surface area contributed by atoms with E-state index in [9.17, 15) is 34.5 Å². The molecule has 0 aromatic rings. The van der Waals surface area contributed by atoms with Gasteiger partial charge in [-0.05, 0) is 33.1 Å². The van der Waals surface area contributed by atoms with Crippen molar-refractivity contribution in [3.8, 4) is 0 Å². The molecule has 0 aromatic carbocycles. The molecule has 0 spiro atoms. The van der Waals surface area contributed by atoms with Crippen molar-refractivity contribution >= 4 is 23.9 Å². The van der Waals surface area contributed by atoms with E-state index in [1.54, 1.807) is 20.8 Å². The van der Waals surface area contributed by atoms with E-state index >= 15 is 0 Å². The van der Waals surface area contributed by atoms with Crippen molar-refractivity contribution in [2.24, 2.45) is 57.5 Å². The third-order valence-electron chi connectivity index (χ3n) is 14.6. The van der Waals surface area contributed by atoms with Gasteiger partial charge in [0.2, 0.25) is 5.79 Å². The summed E-state index contributed by atoms with van der Waals surface area (Å²) in [4.78, 5) is 52.5. The molecule has 20 atom stereocenters. The zero-order chi connectivity index (χ0) is 35.4. The molecule has 7 rings (SSSR count). The number of aliphatic hydroxyl groups excluding tert-OH is 2. The zero-order valence-corrected chi connectivity index (χ0v) is 28.9. The first-order valence-electron chi connectivity index (χ1n) is 17.0. The number of ether oxygens (including phenoxy) is 6. The average Bonchev–Trinajstić information content (AvgIpc) is 3.66. The number of hydrogen-bond acceptors (Lipinski definition) is 14. The predicted octanol–water partition coefficient (Wildman–Crippen LogP) is 0.201. The molecule has 4 aliphatic carbocycles. The zero-order valence-electron chi connectivity index (χ0n) is 28.9. The summed E-state index contributed by atoms with van der Waals surface area (Å²) >= 11 is 0. The largest absolute Gasteiger partial charge is 0.462 e. The smallest absolute Gasteiger partial charge is 0.341 e. The van der Waals surface area contributed by atoms with Crippen LogP contribution < -0.4 is 5.73 Å². The van der Waals surface area contributed by atoms with Crippen molar-refractivity contribution in [1.29, 1.82) is 0 Å². The lowest BCUT2D eigenvalue weighted by atomic mass is 9.40. The molecule has 14 heteroatoms. The van der Waals surface area contributed by atoms with Crippen molar-refractivity contribution in [3.05, 3.63) is 0 Å². The van der Waals surface area contributed by atoms with Crippen molar-refractivity contribution in [2.45, 2.75) is 135 Å². The highest BCUT2D eigenvalue weighted by molar-refractivity contribution is 5.83. The van der Waals surface area contributed by atoms with Crippen molar-refractivity contribution < 1.29 is 62.9 Å². The Labute approximate surface area is 279 Å². The molecule has 0 radical (unpaired) electrons. The Bertz CT molecular complexity index is 1450. The quantitative estimate of drug-likeness (QED) is 0.178. The summed E-state index contributed by atoms with van der Waals surface area (Å²) in [6.07, 6.45) is -6.87. The molecule has 14 nitrogen and oxygen atoms in total. The summed E-state index contributed by atoms with van der Waals surface area (Å²) in [6.45, 7) is 13.8. The molecule has 48 heavy (non-hydrogen) atoms. The lowest BCUT2D eigenvalue weighted by Crippen LogP contribution is -2.76. The number of carbonyl (C=O) groups excluding carboxylic acids is 4. The second kappa shape index (κ2) is 10.1. The van der Waals surface area contributed by atoms with Gasteiger partial charge in [-0.2, -0.15) is 0 Å². The first kappa shape index (κ1) is 34.1. The third kappa shape index (κ3) is 3.85. The van der Waals surface area contributed by atoms with Gasteiger partial charge in [-0.15, -0.1) is 0 Å². The number of hydrogen-bond donors (Lipinski definition) is 4. The highest BCUT2D eigenvalue weighted by Gasteiger charge is 2.86. The van der Waals surface area contributed by atoms with Gasteiger partial charge < -0.3 is 49.5 Å². The first-order valence-corrected chi connectivity index (χ1v) is 17.0. The monoisotopic (exact) mass is 679 g/mol. The van der Waals surface area contributed by atoms with Crippen LogP contribution >= 0.6 is 0 Å². The standard InChI is InChI=1S/C34H49NO13/c1-11-18-21(32(7)33(8,42)29(41)48-34(32,9)47-11)25(43-12(2)36)19-17-20(26(44-13(3)37)28(31(18,19)6)45-14(4)38)30(5)15(22(35)23(17)39)10-16-24(46-16)27(30)40/h11,15-28,39-40,42H,10,35H2,1-9H3/t11-,15+,16-,17?,18-,19+,20?,21-,22-,23+,24-,25+,26-,27-,28-,30-,31+,32-,33+,34-/m0/s1. The lowest BCUT2D eigenvalue weighted by molar-refractivity contribution is -0.341. The van der Waals surface area contributed by atoms with E-state index in [1.165, 1.54) is 27.7 Å². The van der Waals surface area contributed by atoms with Crippen LogP contribution in [0.4, 0.5) is 0 Å². The number of fused-ring (bicyclic) bond motifs is 10. The minimum atomic E-state index is -2.13. The van der Waals surface area contributed by atoms with Gasteiger partial charge in [0.25, 0.3) is 0 Å². The molecule has 3 saturated heterocycles. The van der Waals surface area contributed by atoms with Crippen molar-refractivity contribution in [1.82, 2.24) is 0 Å². The Hall–Kier alpha value is -2.36. The van der Waals surface area contributed by atoms with Gasteiger partial charge in [0, 0.05) is 74.2 Å². The molecule has 2 unspecified atom stereocenters. The molecule has 5 N–H and O–H groups in total. The second-order valence-electron chi connectivity index (χ2n) is 16.5. The lowest BCUT2D eigenvalue weighted by Gasteiger charge is -2.67. The summed E-state index contributed by atoms with van der Waals surface area (Å²) < 4.78 is 36.9. The molecular formula is C34H49NO13. The van der Waals surface area contributed by atoms with Crippen LogP contribution in [0.25, 0.3) is 0 Å². The third-order valence-corrected chi connectivity index (χ3v) is 14.6. The molecular weight excluding hydrogens is 630 g/mol. The fourth-order valence-corrected chi connectivity index (χ4v) is 12.6. The van der Waals surface area contributed by atoms with E-state index in [4.69, 9.17) is 34.2 Å². The van der Waals surface area contributed by atoms with Crippen LogP contribution in [-0.4, -0.2) is 105 Å². The minimum Gasteiger partial charge on any atom is -0.462 e. The van der Waals surface area contributed by atoms with Crippen LogP contribution in [0.15, 0.2) is 0 Å². The van der Waals surface area contributed by atoms with E-state index in [0.717, 1.165) is 0 Å². The molecule has 0 amide bonds. The molecule has 0 bridgehead atoms. The maximum absolute atomic E-state index is 13.4. The van der Waals surface area contributed by atoms with E-state index < -0.39 is 136 Å². The Balaban J connectivity index is 1.53. The summed E-state index contributed by atoms with van der Waals surface area (Å²) in [5.41, 5.74) is 0.844.